The third-order valence-corrected chi connectivity index (χ3v) is 4.04. The molecule has 0 aliphatic heterocycles. The van der Waals surface area contributed by atoms with Crippen LogP contribution in [-0.4, -0.2) is 24.1 Å². The Balaban J connectivity index is 2.07. The number of rotatable bonds is 4. The number of hydrogen-bond acceptors (Lipinski definition) is 4. The number of para-hydroxylation sites is 1. The fraction of sp³-hybridized carbons (Fsp3) is 0.158. The topological polar surface area (TPSA) is 32.3 Å². The van der Waals surface area contributed by atoms with Crippen LogP contribution in [-0.2, 0) is 6.18 Å². The zero-order valence-electron chi connectivity index (χ0n) is 14.6. The number of alkyl halides is 3. The highest BCUT2D eigenvalue weighted by Gasteiger charge is 2.37. The van der Waals surface area contributed by atoms with Crippen molar-refractivity contribution >= 4 is 23.1 Å². The number of benzene rings is 2. The zero-order valence-corrected chi connectivity index (χ0v) is 14.6. The van der Waals surface area contributed by atoms with Gasteiger partial charge < -0.3 is 9.80 Å². The van der Waals surface area contributed by atoms with Gasteiger partial charge in [0.2, 0.25) is 5.95 Å². The molecule has 3 aromatic rings. The maximum Gasteiger partial charge on any atom is 0.421 e. The summed E-state index contributed by atoms with van der Waals surface area (Å²) in [5, 5.41) is 0. The minimum Gasteiger partial charge on any atom is -0.329 e. The molecule has 0 fully saturated rings. The summed E-state index contributed by atoms with van der Waals surface area (Å²) in [5.41, 5.74) is 0.126. The van der Waals surface area contributed by atoms with E-state index in [1.165, 1.54) is 36.2 Å². The molecule has 0 saturated heterocycles. The molecule has 0 spiro atoms. The Kier molecular flexibility index (Phi) is 4.98. The lowest BCUT2D eigenvalue weighted by molar-refractivity contribution is -0.137. The average Bonchev–Trinajstić information content (AvgIpc) is 2.67. The Morgan fingerprint density at radius 2 is 1.41 bits per heavy atom. The Hall–Kier alpha value is -3.16. The zero-order chi connectivity index (χ0) is 19.6. The van der Waals surface area contributed by atoms with Gasteiger partial charge in [-0.3, -0.25) is 0 Å². The fourth-order valence-electron chi connectivity index (χ4n) is 2.54. The van der Waals surface area contributed by atoms with Crippen LogP contribution >= 0.6 is 0 Å². The standard InChI is InChI=1S/C19H16F4N4/c1-26(15-10-8-13(20)9-11-15)17-16(19(21,22)23)12-24-18(25-17)27(2)14-6-4-3-5-7-14/h3-12H,1-2H3. The molecule has 0 atom stereocenters. The van der Waals surface area contributed by atoms with Gasteiger partial charge in [-0.25, -0.2) is 9.37 Å². The molecule has 140 valence electrons. The summed E-state index contributed by atoms with van der Waals surface area (Å²) in [6.07, 6.45) is -3.87. The molecule has 27 heavy (non-hydrogen) atoms. The van der Waals surface area contributed by atoms with E-state index in [0.29, 0.717) is 5.69 Å². The monoisotopic (exact) mass is 376 g/mol. The summed E-state index contributed by atoms with van der Waals surface area (Å²) in [5.74, 6) is -0.685. The SMILES string of the molecule is CN(c1ccccc1)c1ncc(C(F)(F)F)c(N(C)c2ccc(F)cc2)n1. The highest BCUT2D eigenvalue weighted by Crippen LogP contribution is 2.38. The van der Waals surface area contributed by atoms with E-state index in [2.05, 4.69) is 9.97 Å². The van der Waals surface area contributed by atoms with Gasteiger partial charge in [0.05, 0.1) is 0 Å². The largest absolute Gasteiger partial charge is 0.421 e. The quantitative estimate of drug-likeness (QED) is 0.588. The molecular weight excluding hydrogens is 360 g/mol. The lowest BCUT2D eigenvalue weighted by atomic mass is 10.2. The smallest absolute Gasteiger partial charge is 0.329 e. The molecule has 0 amide bonds. The molecule has 2 aromatic carbocycles. The van der Waals surface area contributed by atoms with Gasteiger partial charge in [0, 0.05) is 31.7 Å². The Morgan fingerprint density at radius 3 is 2.00 bits per heavy atom. The van der Waals surface area contributed by atoms with Crippen molar-refractivity contribution in [2.24, 2.45) is 0 Å². The van der Waals surface area contributed by atoms with Crippen LogP contribution in [0.25, 0.3) is 0 Å². The van der Waals surface area contributed by atoms with Crippen LogP contribution < -0.4 is 9.80 Å². The lowest BCUT2D eigenvalue weighted by Gasteiger charge is -2.25. The fourth-order valence-corrected chi connectivity index (χ4v) is 2.54. The minimum atomic E-state index is -4.63. The minimum absolute atomic E-state index is 0.109. The molecule has 0 N–H and O–H groups in total. The predicted molar refractivity (Wildman–Crippen MR) is 96.0 cm³/mol. The third kappa shape index (κ3) is 3.99. The van der Waals surface area contributed by atoms with Crippen molar-refractivity contribution < 1.29 is 17.6 Å². The highest BCUT2D eigenvalue weighted by atomic mass is 19.4. The van der Waals surface area contributed by atoms with E-state index in [0.717, 1.165) is 11.9 Å². The molecule has 3 rings (SSSR count). The molecule has 1 heterocycles. The maximum atomic E-state index is 13.5. The number of halogens is 4. The van der Waals surface area contributed by atoms with Crippen molar-refractivity contribution in [1.29, 1.82) is 0 Å². The van der Waals surface area contributed by atoms with E-state index >= 15 is 0 Å². The molecule has 0 saturated carbocycles. The van der Waals surface area contributed by atoms with Crippen molar-refractivity contribution in [1.82, 2.24) is 9.97 Å². The van der Waals surface area contributed by atoms with Crippen LogP contribution in [0.1, 0.15) is 5.56 Å². The highest BCUT2D eigenvalue weighted by molar-refractivity contribution is 5.65. The summed E-state index contributed by atoms with van der Waals surface area (Å²) in [6, 6.07) is 14.2. The van der Waals surface area contributed by atoms with Crippen LogP contribution in [0.4, 0.5) is 40.7 Å². The Morgan fingerprint density at radius 1 is 0.815 bits per heavy atom. The van der Waals surface area contributed by atoms with E-state index in [1.807, 2.05) is 18.2 Å². The van der Waals surface area contributed by atoms with Crippen molar-refractivity contribution in [3.8, 4) is 0 Å². The van der Waals surface area contributed by atoms with Gasteiger partial charge in [-0.15, -0.1) is 0 Å². The second-order valence-electron chi connectivity index (χ2n) is 5.84. The first kappa shape index (κ1) is 18.6. The van der Waals surface area contributed by atoms with Gasteiger partial charge in [-0.2, -0.15) is 18.2 Å². The molecule has 1 aromatic heterocycles. The third-order valence-electron chi connectivity index (χ3n) is 4.04. The maximum absolute atomic E-state index is 13.5. The van der Waals surface area contributed by atoms with Crippen LogP contribution in [0.5, 0.6) is 0 Å². The van der Waals surface area contributed by atoms with E-state index in [-0.39, 0.29) is 11.8 Å². The van der Waals surface area contributed by atoms with Crippen molar-refractivity contribution in [3.63, 3.8) is 0 Å². The molecule has 0 bridgehead atoms. The molecule has 8 heteroatoms. The number of hydrogen-bond donors (Lipinski definition) is 0. The van der Waals surface area contributed by atoms with Crippen LogP contribution in [0, 0.1) is 5.82 Å². The average molecular weight is 376 g/mol. The normalized spacial score (nSPS) is 11.3. The van der Waals surface area contributed by atoms with Crippen LogP contribution in [0.3, 0.4) is 0 Å². The second-order valence-corrected chi connectivity index (χ2v) is 5.84. The summed E-state index contributed by atoms with van der Waals surface area (Å²) in [6.45, 7) is 0. The van der Waals surface area contributed by atoms with Gasteiger partial charge in [0.25, 0.3) is 0 Å². The molecule has 0 aliphatic carbocycles. The summed E-state index contributed by atoms with van der Waals surface area (Å²) >= 11 is 0. The predicted octanol–water partition coefficient (Wildman–Crippen LogP) is 5.17. The molecule has 0 radical (unpaired) electrons. The van der Waals surface area contributed by atoms with E-state index in [4.69, 9.17) is 0 Å². The van der Waals surface area contributed by atoms with Crippen molar-refractivity contribution in [2.45, 2.75) is 6.18 Å². The van der Waals surface area contributed by atoms with Crippen LogP contribution in [0.2, 0.25) is 0 Å². The van der Waals surface area contributed by atoms with Gasteiger partial charge in [0.1, 0.15) is 11.4 Å². The first-order chi connectivity index (χ1) is 12.8. The van der Waals surface area contributed by atoms with E-state index in [9.17, 15) is 17.6 Å². The van der Waals surface area contributed by atoms with Crippen molar-refractivity contribution in [2.75, 3.05) is 23.9 Å². The molecule has 4 nitrogen and oxygen atoms in total. The Bertz CT molecular complexity index is 911. The van der Waals surface area contributed by atoms with Crippen LogP contribution in [0.15, 0.2) is 60.8 Å². The number of aromatic nitrogens is 2. The second kappa shape index (κ2) is 7.22. The summed E-state index contributed by atoms with van der Waals surface area (Å²) in [4.78, 5) is 10.9. The number of nitrogens with zero attached hydrogens (tertiary/aromatic N) is 4. The number of anilines is 4. The summed E-state index contributed by atoms with van der Waals surface area (Å²) < 4.78 is 53.5. The van der Waals surface area contributed by atoms with Gasteiger partial charge in [0.15, 0.2) is 5.82 Å². The molecule has 0 aliphatic rings. The van der Waals surface area contributed by atoms with Crippen molar-refractivity contribution in [3.05, 3.63) is 72.2 Å². The first-order valence-electron chi connectivity index (χ1n) is 7.99. The van der Waals surface area contributed by atoms with Gasteiger partial charge in [-0.05, 0) is 36.4 Å². The lowest BCUT2D eigenvalue weighted by Crippen LogP contribution is -2.21. The summed E-state index contributed by atoms with van der Waals surface area (Å²) in [7, 11) is 3.11. The van der Waals surface area contributed by atoms with Gasteiger partial charge >= 0.3 is 6.18 Å². The molecular formula is C19H16F4N4. The van der Waals surface area contributed by atoms with E-state index < -0.39 is 17.6 Å². The Labute approximate surface area is 153 Å². The van der Waals surface area contributed by atoms with Gasteiger partial charge in [-0.1, -0.05) is 18.2 Å². The molecule has 0 unspecified atom stereocenters. The van der Waals surface area contributed by atoms with E-state index in [1.54, 1.807) is 24.1 Å². The first-order valence-corrected chi connectivity index (χ1v) is 7.99.